The van der Waals surface area contributed by atoms with Gasteiger partial charge in [-0.15, -0.1) is 0 Å². The van der Waals surface area contributed by atoms with Crippen molar-refractivity contribution in [3.63, 3.8) is 0 Å². The lowest BCUT2D eigenvalue weighted by Crippen LogP contribution is -2.59. The molecule has 16 heavy (non-hydrogen) atoms. The minimum atomic E-state index is -0.998. The third kappa shape index (κ3) is 1.95. The zero-order valence-corrected chi connectivity index (χ0v) is 9.20. The minimum Gasteiger partial charge on any atom is -0.394 e. The van der Waals surface area contributed by atoms with Crippen molar-refractivity contribution < 1.29 is 29.3 Å². The Labute approximate surface area is 93.0 Å². The highest BCUT2D eigenvalue weighted by Crippen LogP contribution is 2.36. The van der Waals surface area contributed by atoms with Gasteiger partial charge in [-0.3, -0.25) is 4.84 Å². The summed E-state index contributed by atoms with van der Waals surface area (Å²) in [5.41, 5.74) is 0. The van der Waals surface area contributed by atoms with Gasteiger partial charge in [0.2, 0.25) is 0 Å². The highest BCUT2D eigenvalue weighted by Gasteiger charge is 2.54. The highest BCUT2D eigenvalue weighted by atomic mass is 16.8. The molecule has 7 nitrogen and oxygen atoms in total. The molecule has 2 rings (SSSR count). The van der Waals surface area contributed by atoms with Gasteiger partial charge in [0, 0.05) is 0 Å². The molecule has 0 aliphatic carbocycles. The van der Waals surface area contributed by atoms with E-state index in [1.165, 1.54) is 0 Å². The maximum atomic E-state index is 9.97. The maximum Gasteiger partial charge on any atom is 0.190 e. The fraction of sp³-hybridized carbons (Fsp3) is 1.00. The summed E-state index contributed by atoms with van der Waals surface area (Å²) in [6.07, 6.45) is -3.93. The molecular weight excluding hydrogens is 218 g/mol. The summed E-state index contributed by atoms with van der Waals surface area (Å²) in [6, 6.07) is 0. The van der Waals surface area contributed by atoms with Crippen LogP contribution in [-0.4, -0.2) is 53.3 Å². The number of hydrogen-bond donors (Lipinski definition) is 3. The SMILES string of the molecule is CC1(C)OC2O[C@H](CO)[C@@H](ON)[C@H](O)[C@H]2O1. The summed E-state index contributed by atoms with van der Waals surface area (Å²) in [7, 11) is 0. The van der Waals surface area contributed by atoms with Crippen LogP contribution in [0.2, 0.25) is 0 Å². The molecule has 0 radical (unpaired) electrons. The van der Waals surface area contributed by atoms with Crippen molar-refractivity contribution in [1.29, 1.82) is 0 Å². The number of ether oxygens (including phenoxy) is 3. The Kier molecular flexibility index (Phi) is 3.19. The molecule has 2 aliphatic heterocycles. The van der Waals surface area contributed by atoms with Gasteiger partial charge in [0.1, 0.15) is 24.4 Å². The van der Waals surface area contributed by atoms with E-state index in [4.69, 9.17) is 25.2 Å². The van der Waals surface area contributed by atoms with Crippen molar-refractivity contribution in [2.45, 2.75) is 50.3 Å². The summed E-state index contributed by atoms with van der Waals surface area (Å²) in [4.78, 5) is 4.61. The van der Waals surface area contributed by atoms with Gasteiger partial charge in [-0.2, -0.15) is 0 Å². The maximum absolute atomic E-state index is 9.97. The molecule has 0 saturated carbocycles. The molecule has 0 aromatic carbocycles. The van der Waals surface area contributed by atoms with E-state index in [0.29, 0.717) is 0 Å². The van der Waals surface area contributed by atoms with Crippen molar-refractivity contribution in [3.05, 3.63) is 0 Å². The lowest BCUT2D eigenvalue weighted by Gasteiger charge is -2.38. The minimum absolute atomic E-state index is 0.314. The van der Waals surface area contributed by atoms with E-state index < -0.39 is 36.5 Å². The zero-order valence-electron chi connectivity index (χ0n) is 9.20. The number of nitrogens with two attached hydrogens (primary N) is 1. The second-order valence-corrected chi connectivity index (χ2v) is 4.42. The molecule has 0 spiro atoms. The average Bonchev–Trinajstić information content (AvgIpc) is 2.53. The largest absolute Gasteiger partial charge is 0.394 e. The molecule has 0 bridgehead atoms. The summed E-state index contributed by atoms with van der Waals surface area (Å²) in [5.74, 6) is 4.23. The van der Waals surface area contributed by atoms with Gasteiger partial charge in [0.15, 0.2) is 12.1 Å². The Balaban J connectivity index is 2.15. The molecule has 1 unspecified atom stereocenters. The van der Waals surface area contributed by atoms with E-state index >= 15 is 0 Å². The van der Waals surface area contributed by atoms with E-state index in [0.717, 1.165) is 0 Å². The molecule has 7 heteroatoms. The van der Waals surface area contributed by atoms with Crippen LogP contribution in [0.3, 0.4) is 0 Å². The smallest absolute Gasteiger partial charge is 0.190 e. The van der Waals surface area contributed by atoms with Gasteiger partial charge in [-0.05, 0) is 13.8 Å². The van der Waals surface area contributed by atoms with Gasteiger partial charge in [-0.25, -0.2) is 5.90 Å². The van der Waals surface area contributed by atoms with Crippen LogP contribution in [0.1, 0.15) is 13.8 Å². The Morgan fingerprint density at radius 1 is 1.38 bits per heavy atom. The Hall–Kier alpha value is -0.280. The molecule has 4 N–H and O–H groups in total. The molecule has 0 aromatic heterocycles. The van der Waals surface area contributed by atoms with Crippen LogP contribution in [0, 0.1) is 0 Å². The summed E-state index contributed by atoms with van der Waals surface area (Å²) in [5, 5.41) is 19.1. The fourth-order valence-electron chi connectivity index (χ4n) is 2.07. The molecule has 0 aromatic rings. The van der Waals surface area contributed by atoms with E-state index in [9.17, 15) is 5.11 Å². The van der Waals surface area contributed by atoms with Crippen molar-refractivity contribution >= 4 is 0 Å². The van der Waals surface area contributed by atoms with Crippen LogP contribution < -0.4 is 5.90 Å². The molecule has 5 atom stereocenters. The van der Waals surface area contributed by atoms with Crippen molar-refractivity contribution in [2.75, 3.05) is 6.61 Å². The van der Waals surface area contributed by atoms with Gasteiger partial charge < -0.3 is 24.4 Å². The second kappa shape index (κ2) is 4.19. The van der Waals surface area contributed by atoms with Crippen LogP contribution in [-0.2, 0) is 19.0 Å². The first kappa shape index (κ1) is 12.2. The molecular formula is C9H17NO6. The zero-order chi connectivity index (χ0) is 11.9. The first-order valence-corrected chi connectivity index (χ1v) is 5.14. The standard InChI is InChI=1S/C9H17NO6/c1-9(2)14-7-5(12)6(16-10)4(3-11)13-8(7)15-9/h4-8,11-12H,3,10H2,1-2H3/t4-,5+,6-,7-,8?/m1/s1. The van der Waals surface area contributed by atoms with E-state index in [2.05, 4.69) is 4.84 Å². The van der Waals surface area contributed by atoms with Gasteiger partial charge in [-0.1, -0.05) is 0 Å². The van der Waals surface area contributed by atoms with Crippen LogP contribution in [0.4, 0.5) is 0 Å². The van der Waals surface area contributed by atoms with Crippen LogP contribution >= 0.6 is 0 Å². The second-order valence-electron chi connectivity index (χ2n) is 4.42. The van der Waals surface area contributed by atoms with Crippen LogP contribution in [0.15, 0.2) is 0 Å². The molecule has 0 amide bonds. The van der Waals surface area contributed by atoms with Crippen LogP contribution in [0.25, 0.3) is 0 Å². The Bertz CT molecular complexity index is 260. The van der Waals surface area contributed by atoms with Gasteiger partial charge in [0.25, 0.3) is 0 Å². The first-order chi connectivity index (χ1) is 7.48. The van der Waals surface area contributed by atoms with Crippen molar-refractivity contribution in [1.82, 2.24) is 0 Å². The molecule has 2 heterocycles. The lowest BCUT2D eigenvalue weighted by atomic mass is 9.99. The summed E-state index contributed by atoms with van der Waals surface area (Å²) in [6.45, 7) is 3.12. The topological polar surface area (TPSA) is 103 Å². The predicted molar refractivity (Wildman–Crippen MR) is 50.9 cm³/mol. The fourth-order valence-corrected chi connectivity index (χ4v) is 2.07. The molecule has 94 valence electrons. The predicted octanol–water partition coefficient (Wildman–Crippen LogP) is -1.53. The third-order valence-electron chi connectivity index (χ3n) is 2.77. The first-order valence-electron chi connectivity index (χ1n) is 5.14. The van der Waals surface area contributed by atoms with Crippen molar-refractivity contribution in [3.8, 4) is 0 Å². The summed E-state index contributed by atoms with van der Waals surface area (Å²) < 4.78 is 16.3. The number of rotatable bonds is 2. The lowest BCUT2D eigenvalue weighted by molar-refractivity contribution is -0.266. The molecule has 2 aliphatic rings. The third-order valence-corrected chi connectivity index (χ3v) is 2.77. The molecule has 2 saturated heterocycles. The molecule has 2 fully saturated rings. The normalized spacial score (nSPS) is 46.7. The number of aliphatic hydroxyl groups excluding tert-OH is 2. The highest BCUT2D eigenvalue weighted by molar-refractivity contribution is 4.94. The number of hydrogen-bond acceptors (Lipinski definition) is 7. The van der Waals surface area contributed by atoms with E-state index in [1.54, 1.807) is 13.8 Å². The number of fused-ring (bicyclic) bond motifs is 1. The van der Waals surface area contributed by atoms with Gasteiger partial charge in [0.05, 0.1) is 6.61 Å². The monoisotopic (exact) mass is 235 g/mol. The quantitative estimate of drug-likeness (QED) is 0.499. The Morgan fingerprint density at radius 2 is 2.06 bits per heavy atom. The van der Waals surface area contributed by atoms with E-state index in [-0.39, 0.29) is 6.61 Å². The van der Waals surface area contributed by atoms with E-state index in [1.807, 2.05) is 0 Å². The number of aliphatic hydroxyl groups is 2. The average molecular weight is 235 g/mol. The Morgan fingerprint density at radius 3 is 2.62 bits per heavy atom. The summed E-state index contributed by atoms with van der Waals surface area (Å²) >= 11 is 0. The van der Waals surface area contributed by atoms with Crippen molar-refractivity contribution in [2.24, 2.45) is 5.90 Å². The van der Waals surface area contributed by atoms with Gasteiger partial charge >= 0.3 is 0 Å². The van der Waals surface area contributed by atoms with Crippen LogP contribution in [0.5, 0.6) is 0 Å².